The fraction of sp³-hybridized carbons (Fsp3) is 0.207. The van der Waals surface area contributed by atoms with Gasteiger partial charge in [-0.2, -0.15) is 5.12 Å². The largest absolute Gasteiger partial charge is 0.361 e. The molecule has 10 nitrogen and oxygen atoms in total. The van der Waals surface area contributed by atoms with Crippen molar-refractivity contribution in [2.45, 2.75) is 39.2 Å². The van der Waals surface area contributed by atoms with Gasteiger partial charge in [0.2, 0.25) is 5.91 Å². The minimum Gasteiger partial charge on any atom is -0.361 e. The first-order valence-electron chi connectivity index (χ1n) is 12.4. The van der Waals surface area contributed by atoms with Crippen molar-refractivity contribution in [3.05, 3.63) is 102 Å². The lowest BCUT2D eigenvalue weighted by atomic mass is 9.99. The van der Waals surface area contributed by atoms with E-state index in [1.807, 2.05) is 12.1 Å². The SMILES string of the molecule is CCC(C)c1ccc(N(NC(=O)C(N)=O)N(Cc2ccccc2)C(=O)C(=O)NC(=O)Cc2ccccc2)cc1. The van der Waals surface area contributed by atoms with Crippen LogP contribution in [0.15, 0.2) is 84.9 Å². The molecule has 1 unspecified atom stereocenters. The molecule has 0 saturated heterocycles. The van der Waals surface area contributed by atoms with Gasteiger partial charge in [-0.05, 0) is 41.2 Å². The van der Waals surface area contributed by atoms with Crippen molar-refractivity contribution in [2.24, 2.45) is 5.73 Å². The van der Waals surface area contributed by atoms with E-state index in [0.717, 1.165) is 22.1 Å². The normalized spacial score (nSPS) is 11.1. The average molecular weight is 530 g/mol. The number of hydrogen-bond donors (Lipinski definition) is 3. The van der Waals surface area contributed by atoms with E-state index >= 15 is 0 Å². The molecule has 0 spiro atoms. The Labute approximate surface area is 226 Å². The zero-order valence-electron chi connectivity index (χ0n) is 21.8. The van der Waals surface area contributed by atoms with Crippen LogP contribution in [0.1, 0.15) is 42.9 Å². The van der Waals surface area contributed by atoms with E-state index in [1.54, 1.807) is 72.8 Å². The summed E-state index contributed by atoms with van der Waals surface area (Å²) in [6, 6.07) is 24.4. The number of hydrazine groups is 2. The zero-order chi connectivity index (χ0) is 28.4. The van der Waals surface area contributed by atoms with Crippen molar-refractivity contribution in [2.75, 3.05) is 5.12 Å². The maximum atomic E-state index is 13.5. The monoisotopic (exact) mass is 529 g/mol. The van der Waals surface area contributed by atoms with Gasteiger partial charge in [-0.25, -0.2) is 10.4 Å². The van der Waals surface area contributed by atoms with E-state index in [-0.39, 0.29) is 24.6 Å². The topological polar surface area (TPSA) is 142 Å². The summed E-state index contributed by atoms with van der Waals surface area (Å²) in [4.78, 5) is 62.9. The van der Waals surface area contributed by atoms with Gasteiger partial charge in [0.1, 0.15) is 0 Å². The maximum Gasteiger partial charge on any atom is 0.332 e. The minimum atomic E-state index is -1.29. The lowest BCUT2D eigenvalue weighted by molar-refractivity contribution is -0.149. The Bertz CT molecular complexity index is 1310. The maximum absolute atomic E-state index is 13.5. The highest BCUT2D eigenvalue weighted by Crippen LogP contribution is 2.23. The first kappa shape index (κ1) is 28.6. The third-order valence-corrected chi connectivity index (χ3v) is 6.06. The van der Waals surface area contributed by atoms with E-state index < -0.39 is 29.5 Å². The molecule has 10 heteroatoms. The standard InChI is InChI=1S/C29H31N5O5/c1-3-20(2)23-14-16-24(17-15-23)34(32-27(37)26(30)36)33(19-22-12-8-5-9-13-22)29(39)28(38)31-25(35)18-21-10-6-4-7-11-21/h4-17,20H,3,18-19H2,1-2H3,(H2,30,36)(H,32,37)(H,31,35,38). The van der Waals surface area contributed by atoms with Gasteiger partial charge < -0.3 is 5.73 Å². The Morgan fingerprint density at radius 3 is 1.90 bits per heavy atom. The van der Waals surface area contributed by atoms with Crippen molar-refractivity contribution in [3.8, 4) is 0 Å². The van der Waals surface area contributed by atoms with Crippen molar-refractivity contribution in [1.29, 1.82) is 0 Å². The van der Waals surface area contributed by atoms with Crippen molar-refractivity contribution in [3.63, 3.8) is 0 Å². The van der Waals surface area contributed by atoms with E-state index in [4.69, 9.17) is 5.73 Å². The van der Waals surface area contributed by atoms with Gasteiger partial charge in [-0.3, -0.25) is 29.3 Å². The summed E-state index contributed by atoms with van der Waals surface area (Å²) >= 11 is 0. The van der Waals surface area contributed by atoms with Crippen LogP contribution in [0, 0.1) is 0 Å². The van der Waals surface area contributed by atoms with Crippen LogP contribution in [0.3, 0.4) is 0 Å². The third-order valence-electron chi connectivity index (χ3n) is 6.06. The van der Waals surface area contributed by atoms with Gasteiger partial charge in [0.15, 0.2) is 0 Å². The number of rotatable bonds is 9. The van der Waals surface area contributed by atoms with Crippen molar-refractivity contribution >= 4 is 35.2 Å². The first-order chi connectivity index (χ1) is 18.7. The zero-order valence-corrected chi connectivity index (χ0v) is 21.8. The molecule has 0 aliphatic heterocycles. The first-order valence-corrected chi connectivity index (χ1v) is 12.4. The van der Waals surface area contributed by atoms with Gasteiger partial charge in [-0.1, -0.05) is 86.6 Å². The van der Waals surface area contributed by atoms with E-state index in [0.29, 0.717) is 11.1 Å². The average Bonchev–Trinajstić information content (AvgIpc) is 2.95. The van der Waals surface area contributed by atoms with Crippen molar-refractivity contribution in [1.82, 2.24) is 15.8 Å². The summed E-state index contributed by atoms with van der Waals surface area (Å²) in [6.45, 7) is 3.94. The highest BCUT2D eigenvalue weighted by atomic mass is 16.2. The molecule has 3 rings (SSSR count). The number of nitrogens with zero attached hydrogens (tertiary/aromatic N) is 2. The smallest absolute Gasteiger partial charge is 0.332 e. The molecule has 0 aliphatic carbocycles. The molecule has 39 heavy (non-hydrogen) atoms. The Hall–Kier alpha value is -4.99. The summed E-state index contributed by atoms with van der Waals surface area (Å²) in [5.74, 6) is -5.25. The van der Waals surface area contributed by atoms with Crippen LogP contribution in [0.25, 0.3) is 0 Å². The fourth-order valence-electron chi connectivity index (χ4n) is 3.71. The summed E-state index contributed by atoms with van der Waals surface area (Å²) < 4.78 is 0. The molecule has 0 fully saturated rings. The molecule has 4 N–H and O–H groups in total. The molecule has 0 aliphatic rings. The summed E-state index contributed by atoms with van der Waals surface area (Å²) in [5.41, 5.74) is 10.0. The van der Waals surface area contributed by atoms with Crippen LogP contribution in [0.5, 0.6) is 0 Å². The number of anilines is 1. The Balaban J connectivity index is 1.95. The molecule has 3 aromatic rings. The van der Waals surface area contributed by atoms with Crippen molar-refractivity contribution < 1.29 is 24.0 Å². The molecule has 0 saturated carbocycles. The number of carbonyl (C=O) groups excluding carboxylic acids is 5. The van der Waals surface area contributed by atoms with E-state index in [2.05, 4.69) is 24.6 Å². The fourth-order valence-corrected chi connectivity index (χ4v) is 3.71. The molecular formula is C29H31N5O5. The summed E-state index contributed by atoms with van der Waals surface area (Å²) in [7, 11) is 0. The number of benzene rings is 3. The third kappa shape index (κ3) is 8.00. The Morgan fingerprint density at radius 1 is 0.795 bits per heavy atom. The van der Waals surface area contributed by atoms with Crippen LogP contribution in [0.4, 0.5) is 5.69 Å². The number of amides is 5. The molecule has 202 valence electrons. The second kappa shape index (κ2) is 13.5. The van der Waals surface area contributed by atoms with Crippen LogP contribution >= 0.6 is 0 Å². The Morgan fingerprint density at radius 2 is 1.36 bits per heavy atom. The molecule has 3 aromatic carbocycles. The molecule has 0 heterocycles. The minimum absolute atomic E-state index is 0.113. The second-order valence-electron chi connectivity index (χ2n) is 8.91. The molecule has 0 radical (unpaired) electrons. The number of hydrogen-bond acceptors (Lipinski definition) is 6. The van der Waals surface area contributed by atoms with Gasteiger partial charge >= 0.3 is 23.6 Å². The number of imide groups is 1. The number of carbonyl (C=O) groups is 5. The van der Waals surface area contributed by atoms with E-state index in [1.165, 1.54) is 0 Å². The predicted molar refractivity (Wildman–Crippen MR) is 145 cm³/mol. The van der Waals surface area contributed by atoms with Gasteiger partial charge in [0.05, 0.1) is 18.7 Å². The molecule has 0 bridgehead atoms. The van der Waals surface area contributed by atoms with Crippen LogP contribution in [0.2, 0.25) is 0 Å². The quantitative estimate of drug-likeness (QED) is 0.287. The van der Waals surface area contributed by atoms with Gasteiger partial charge in [-0.15, -0.1) is 0 Å². The molecule has 0 aromatic heterocycles. The van der Waals surface area contributed by atoms with Crippen LogP contribution in [-0.2, 0) is 36.9 Å². The predicted octanol–water partition coefficient (Wildman–Crippen LogP) is 2.35. The van der Waals surface area contributed by atoms with E-state index in [9.17, 15) is 24.0 Å². The van der Waals surface area contributed by atoms with Gasteiger partial charge in [0, 0.05) is 0 Å². The Kier molecular flexibility index (Phi) is 9.91. The highest BCUT2D eigenvalue weighted by Gasteiger charge is 2.31. The van der Waals surface area contributed by atoms with Crippen LogP contribution in [-0.4, -0.2) is 34.5 Å². The van der Waals surface area contributed by atoms with Gasteiger partial charge in [0.25, 0.3) is 0 Å². The lowest BCUT2D eigenvalue weighted by Gasteiger charge is -2.35. The number of nitrogens with one attached hydrogen (secondary N) is 2. The highest BCUT2D eigenvalue weighted by molar-refractivity contribution is 6.38. The lowest BCUT2D eigenvalue weighted by Crippen LogP contribution is -2.60. The van der Waals surface area contributed by atoms with Crippen LogP contribution < -0.4 is 21.6 Å². The second-order valence-corrected chi connectivity index (χ2v) is 8.91. The molecule has 1 atom stereocenters. The number of primary amides is 1. The molecule has 5 amide bonds. The summed E-state index contributed by atoms with van der Waals surface area (Å²) in [6.07, 6.45) is 0.787. The summed E-state index contributed by atoms with van der Waals surface area (Å²) in [5, 5.41) is 4.03. The number of nitrogens with two attached hydrogens (primary N) is 1. The molecular weight excluding hydrogens is 498 g/mol.